The highest BCUT2D eigenvalue weighted by atomic mass is 16.5. The monoisotopic (exact) mass is 276 g/mol. The van der Waals surface area contributed by atoms with E-state index in [1.165, 1.54) is 0 Å². The summed E-state index contributed by atoms with van der Waals surface area (Å²) in [6.07, 6.45) is 1.53. The van der Waals surface area contributed by atoms with Crippen LogP contribution in [-0.2, 0) is 5.41 Å². The number of aliphatic hydroxyl groups is 1. The number of nitrogens with two attached hydrogens (primary N) is 1. The molecule has 4 heteroatoms. The lowest BCUT2D eigenvalue weighted by Crippen LogP contribution is -2.59. The molecular formula is C16H24N2O2. The highest BCUT2D eigenvalue weighted by molar-refractivity contribution is 5.45. The van der Waals surface area contributed by atoms with E-state index >= 15 is 0 Å². The van der Waals surface area contributed by atoms with E-state index in [1.807, 2.05) is 18.2 Å². The summed E-state index contributed by atoms with van der Waals surface area (Å²) in [4.78, 5) is 2.22. The first-order valence-electron chi connectivity index (χ1n) is 7.37. The Morgan fingerprint density at radius 3 is 2.85 bits per heavy atom. The van der Waals surface area contributed by atoms with Crippen LogP contribution in [-0.4, -0.2) is 48.4 Å². The van der Waals surface area contributed by atoms with Crippen LogP contribution in [0.1, 0.15) is 25.3 Å². The molecule has 1 aromatic rings. The van der Waals surface area contributed by atoms with Gasteiger partial charge in [-0.3, -0.25) is 0 Å². The smallest absolute Gasteiger partial charge is 0.123 e. The molecule has 20 heavy (non-hydrogen) atoms. The topological polar surface area (TPSA) is 58.7 Å². The van der Waals surface area contributed by atoms with Gasteiger partial charge in [0.15, 0.2) is 0 Å². The zero-order valence-electron chi connectivity index (χ0n) is 12.3. The van der Waals surface area contributed by atoms with Crippen LogP contribution in [0.25, 0.3) is 0 Å². The van der Waals surface area contributed by atoms with Gasteiger partial charge in [0.1, 0.15) is 5.75 Å². The lowest BCUT2D eigenvalue weighted by molar-refractivity contribution is -0.0431. The van der Waals surface area contributed by atoms with Crippen LogP contribution in [0.3, 0.4) is 0 Å². The summed E-state index contributed by atoms with van der Waals surface area (Å²) in [7, 11) is 2.07. The standard InChI is InChI=1S/C16H24N2O2/c1-12-9-16(19,11-18(12)2)15(10-17)7-8-20-14-6-4-3-5-13(14)15/h3-6,12,19H,7-11,17H2,1-2H3. The van der Waals surface area contributed by atoms with E-state index in [9.17, 15) is 5.11 Å². The molecule has 3 atom stereocenters. The minimum Gasteiger partial charge on any atom is -0.493 e. The molecule has 2 heterocycles. The van der Waals surface area contributed by atoms with E-state index in [0.29, 0.717) is 25.7 Å². The molecule has 0 amide bonds. The van der Waals surface area contributed by atoms with Crippen LogP contribution >= 0.6 is 0 Å². The van der Waals surface area contributed by atoms with Crippen LogP contribution in [0.5, 0.6) is 5.75 Å². The van der Waals surface area contributed by atoms with Crippen molar-refractivity contribution in [1.82, 2.24) is 4.90 Å². The fourth-order valence-corrected chi connectivity index (χ4v) is 3.97. The number of fused-ring (bicyclic) bond motifs is 1. The molecule has 2 aliphatic rings. The van der Waals surface area contributed by atoms with Crippen molar-refractivity contribution in [2.24, 2.45) is 5.73 Å². The van der Waals surface area contributed by atoms with Crippen molar-refractivity contribution in [2.45, 2.75) is 36.8 Å². The predicted molar refractivity (Wildman–Crippen MR) is 78.9 cm³/mol. The van der Waals surface area contributed by atoms with Gasteiger partial charge in [-0.25, -0.2) is 0 Å². The van der Waals surface area contributed by atoms with Gasteiger partial charge in [0.2, 0.25) is 0 Å². The fraction of sp³-hybridized carbons (Fsp3) is 0.625. The second-order valence-electron chi connectivity index (χ2n) is 6.38. The molecule has 0 aromatic heterocycles. The molecule has 2 aliphatic heterocycles. The third-order valence-electron chi connectivity index (χ3n) is 5.32. The number of likely N-dealkylation sites (tertiary alicyclic amines) is 1. The average molecular weight is 276 g/mol. The number of para-hydroxylation sites is 1. The first-order valence-corrected chi connectivity index (χ1v) is 7.37. The van der Waals surface area contributed by atoms with Gasteiger partial charge in [-0.05, 0) is 32.9 Å². The Labute approximate surface area is 120 Å². The van der Waals surface area contributed by atoms with Crippen molar-refractivity contribution in [1.29, 1.82) is 0 Å². The fourth-order valence-electron chi connectivity index (χ4n) is 3.97. The van der Waals surface area contributed by atoms with Gasteiger partial charge in [-0.1, -0.05) is 18.2 Å². The first kappa shape index (κ1) is 13.9. The number of ether oxygens (including phenoxy) is 1. The Kier molecular flexibility index (Phi) is 3.27. The van der Waals surface area contributed by atoms with Crippen LogP contribution in [0.4, 0.5) is 0 Å². The quantitative estimate of drug-likeness (QED) is 0.850. The van der Waals surface area contributed by atoms with Crippen LogP contribution in [0.2, 0.25) is 0 Å². The number of hydrogen-bond donors (Lipinski definition) is 2. The molecule has 0 aliphatic carbocycles. The number of rotatable bonds is 2. The minimum atomic E-state index is -0.782. The summed E-state index contributed by atoms with van der Waals surface area (Å²) < 4.78 is 5.76. The highest BCUT2D eigenvalue weighted by Gasteiger charge is 2.56. The van der Waals surface area contributed by atoms with Gasteiger partial charge in [0.25, 0.3) is 0 Å². The van der Waals surface area contributed by atoms with E-state index in [4.69, 9.17) is 10.5 Å². The van der Waals surface area contributed by atoms with Crippen LogP contribution in [0.15, 0.2) is 24.3 Å². The highest BCUT2D eigenvalue weighted by Crippen LogP contribution is 2.49. The predicted octanol–water partition coefficient (Wildman–Crippen LogP) is 1.12. The maximum Gasteiger partial charge on any atom is 0.123 e. The number of β-amino-alcohol motifs (C(OH)–C–C–N with tert-alkyl or cyclic N) is 1. The largest absolute Gasteiger partial charge is 0.493 e. The van der Waals surface area contributed by atoms with Crippen molar-refractivity contribution < 1.29 is 9.84 Å². The van der Waals surface area contributed by atoms with Gasteiger partial charge in [-0.15, -0.1) is 0 Å². The van der Waals surface area contributed by atoms with Crippen LogP contribution in [0, 0.1) is 0 Å². The zero-order chi connectivity index (χ0) is 14.4. The minimum absolute atomic E-state index is 0.374. The molecule has 3 rings (SSSR count). The van der Waals surface area contributed by atoms with Crippen molar-refractivity contribution in [3.63, 3.8) is 0 Å². The average Bonchev–Trinajstić information content (AvgIpc) is 2.72. The molecule has 3 N–H and O–H groups in total. The van der Waals surface area contributed by atoms with Gasteiger partial charge in [0.05, 0.1) is 12.2 Å². The number of likely N-dealkylation sites (N-methyl/N-ethyl adjacent to an activating group) is 1. The summed E-state index contributed by atoms with van der Waals surface area (Å²) >= 11 is 0. The molecule has 1 aromatic carbocycles. The molecule has 1 saturated heterocycles. The summed E-state index contributed by atoms with van der Waals surface area (Å²) in [6, 6.07) is 8.38. The van der Waals surface area contributed by atoms with E-state index in [1.54, 1.807) is 0 Å². The molecule has 0 spiro atoms. The molecule has 4 nitrogen and oxygen atoms in total. The number of hydrogen-bond acceptors (Lipinski definition) is 4. The summed E-state index contributed by atoms with van der Waals surface area (Å²) in [5.41, 5.74) is 6.06. The van der Waals surface area contributed by atoms with E-state index in [2.05, 4.69) is 24.9 Å². The summed E-state index contributed by atoms with van der Waals surface area (Å²) in [5, 5.41) is 11.4. The Morgan fingerprint density at radius 2 is 2.20 bits per heavy atom. The number of nitrogens with zero attached hydrogens (tertiary/aromatic N) is 1. The molecular weight excluding hydrogens is 252 g/mol. The summed E-state index contributed by atoms with van der Waals surface area (Å²) in [6.45, 7) is 3.90. The Hall–Kier alpha value is -1.10. The van der Waals surface area contributed by atoms with Crippen molar-refractivity contribution in [3.8, 4) is 5.75 Å². The van der Waals surface area contributed by atoms with Crippen molar-refractivity contribution in [3.05, 3.63) is 29.8 Å². The Morgan fingerprint density at radius 1 is 1.45 bits per heavy atom. The first-order chi connectivity index (χ1) is 9.52. The molecule has 0 bridgehead atoms. The lowest BCUT2D eigenvalue weighted by atomic mass is 9.63. The Bertz CT molecular complexity index is 495. The zero-order valence-corrected chi connectivity index (χ0v) is 12.3. The lowest BCUT2D eigenvalue weighted by Gasteiger charge is -2.48. The number of benzene rings is 1. The van der Waals surface area contributed by atoms with Gasteiger partial charge in [0, 0.05) is 30.1 Å². The van der Waals surface area contributed by atoms with E-state index in [0.717, 1.165) is 24.2 Å². The van der Waals surface area contributed by atoms with Gasteiger partial charge >= 0.3 is 0 Å². The second-order valence-corrected chi connectivity index (χ2v) is 6.38. The Balaban J connectivity index is 2.10. The molecule has 3 unspecified atom stereocenters. The third kappa shape index (κ3) is 1.79. The second kappa shape index (κ2) is 4.72. The van der Waals surface area contributed by atoms with E-state index < -0.39 is 11.0 Å². The maximum atomic E-state index is 11.4. The third-order valence-corrected chi connectivity index (χ3v) is 5.32. The SMILES string of the molecule is CC1CC(O)(C2(CN)CCOc3ccccc32)CN1C. The normalized spacial score (nSPS) is 37.5. The summed E-state index contributed by atoms with van der Waals surface area (Å²) in [5.74, 6) is 0.875. The molecule has 0 saturated carbocycles. The van der Waals surface area contributed by atoms with Crippen molar-refractivity contribution >= 4 is 0 Å². The van der Waals surface area contributed by atoms with E-state index in [-0.39, 0.29) is 0 Å². The van der Waals surface area contributed by atoms with Gasteiger partial charge in [-0.2, -0.15) is 0 Å². The van der Waals surface area contributed by atoms with Gasteiger partial charge < -0.3 is 20.5 Å². The van der Waals surface area contributed by atoms with Crippen molar-refractivity contribution in [2.75, 3.05) is 26.7 Å². The molecule has 0 radical (unpaired) electrons. The molecule has 110 valence electrons. The maximum absolute atomic E-state index is 11.4. The van der Waals surface area contributed by atoms with Crippen LogP contribution < -0.4 is 10.5 Å². The molecule has 1 fully saturated rings.